The smallest absolute Gasteiger partial charge is 0.194 e. The van der Waals surface area contributed by atoms with Gasteiger partial charge >= 0.3 is 0 Å². The zero-order valence-electron chi connectivity index (χ0n) is 15.8. The first kappa shape index (κ1) is 20.6. The largest absolute Gasteiger partial charge is 0.497 e. The van der Waals surface area contributed by atoms with Gasteiger partial charge in [-0.25, -0.2) is 8.42 Å². The number of nitrogen functional groups attached to an aromatic ring is 1. The highest BCUT2D eigenvalue weighted by molar-refractivity contribution is 8.15. The van der Waals surface area contributed by atoms with Crippen LogP contribution in [0.1, 0.15) is 24.8 Å². The van der Waals surface area contributed by atoms with Crippen molar-refractivity contribution in [2.45, 2.75) is 28.2 Å². The molecular weight excluding hydrogens is 392 g/mol. The summed E-state index contributed by atoms with van der Waals surface area (Å²) < 4.78 is 30.9. The van der Waals surface area contributed by atoms with Crippen LogP contribution in [0, 0.1) is 11.8 Å². The molecule has 1 atom stereocenters. The number of hydrogen-bond acceptors (Lipinski definition) is 6. The fraction of sp³-hybridized carbons (Fsp3) is 0.333. The number of benzene rings is 2. The summed E-state index contributed by atoms with van der Waals surface area (Å²) in [6, 6.07) is 14.0. The number of rotatable bonds is 6. The second-order valence-corrected chi connectivity index (χ2v) is 10.5. The van der Waals surface area contributed by atoms with Gasteiger partial charge < -0.3 is 15.8 Å². The third-order valence-electron chi connectivity index (χ3n) is 4.67. The summed E-state index contributed by atoms with van der Waals surface area (Å²) in [4.78, 5) is 0.329. The fourth-order valence-electron chi connectivity index (χ4n) is 3.14. The molecule has 2 aromatic carbocycles. The Morgan fingerprint density at radius 3 is 2.68 bits per heavy atom. The van der Waals surface area contributed by atoms with Crippen LogP contribution in [0.4, 0.5) is 5.69 Å². The summed E-state index contributed by atoms with van der Waals surface area (Å²) in [5.74, 6) is 7.49. The molecule has 1 aliphatic heterocycles. The van der Waals surface area contributed by atoms with E-state index in [4.69, 9.17) is 10.5 Å². The SMILES string of the molecule is COc1ccc(S(=O)(=O)C2(CCCC#Cc3cccc(N)c3)CNCS2)cc1. The van der Waals surface area contributed by atoms with Gasteiger partial charge in [0.25, 0.3) is 0 Å². The van der Waals surface area contributed by atoms with Crippen molar-refractivity contribution < 1.29 is 13.2 Å². The highest BCUT2D eigenvalue weighted by Gasteiger charge is 2.47. The number of anilines is 1. The van der Waals surface area contributed by atoms with Crippen molar-refractivity contribution in [2.75, 3.05) is 25.3 Å². The molecule has 3 N–H and O–H groups in total. The molecule has 5 nitrogen and oxygen atoms in total. The van der Waals surface area contributed by atoms with Crippen LogP contribution in [0.3, 0.4) is 0 Å². The summed E-state index contributed by atoms with van der Waals surface area (Å²) in [5, 5.41) is 3.19. The van der Waals surface area contributed by atoms with Crippen LogP contribution in [0.15, 0.2) is 53.4 Å². The van der Waals surface area contributed by atoms with Crippen molar-refractivity contribution in [1.29, 1.82) is 0 Å². The van der Waals surface area contributed by atoms with Gasteiger partial charge in [-0.3, -0.25) is 0 Å². The molecule has 1 fully saturated rings. The Labute approximate surface area is 171 Å². The molecule has 0 bridgehead atoms. The van der Waals surface area contributed by atoms with E-state index in [1.807, 2.05) is 24.3 Å². The molecule has 148 valence electrons. The maximum atomic E-state index is 13.3. The molecule has 2 aromatic rings. The average molecular weight is 417 g/mol. The van der Waals surface area contributed by atoms with Crippen LogP contribution in [-0.2, 0) is 9.84 Å². The Morgan fingerprint density at radius 1 is 1.25 bits per heavy atom. The van der Waals surface area contributed by atoms with Gasteiger partial charge in [0.15, 0.2) is 9.84 Å². The van der Waals surface area contributed by atoms with E-state index >= 15 is 0 Å². The van der Waals surface area contributed by atoms with Crippen molar-refractivity contribution >= 4 is 27.3 Å². The predicted molar refractivity (Wildman–Crippen MR) is 115 cm³/mol. The zero-order chi connectivity index (χ0) is 20.0. The molecule has 3 rings (SSSR count). The molecule has 0 spiro atoms. The topological polar surface area (TPSA) is 81.4 Å². The van der Waals surface area contributed by atoms with E-state index in [9.17, 15) is 8.42 Å². The van der Waals surface area contributed by atoms with Crippen LogP contribution >= 0.6 is 11.8 Å². The van der Waals surface area contributed by atoms with Gasteiger partial charge in [-0.1, -0.05) is 17.9 Å². The highest BCUT2D eigenvalue weighted by atomic mass is 32.3. The highest BCUT2D eigenvalue weighted by Crippen LogP contribution is 2.42. The number of hydrogen-bond donors (Lipinski definition) is 2. The Morgan fingerprint density at radius 2 is 2.04 bits per heavy atom. The standard InChI is InChI=1S/C21H24N2O3S2/c1-26-19-9-11-20(12-10-19)28(24,25)21(15-23-16-27-21)13-4-2-3-6-17-7-5-8-18(22)14-17/h5,7-12,14,23H,2,4,13,15-16,22H2,1H3. The first-order valence-electron chi connectivity index (χ1n) is 9.05. The molecule has 28 heavy (non-hydrogen) atoms. The number of nitrogens with two attached hydrogens (primary N) is 1. The van der Waals surface area contributed by atoms with Crippen molar-refractivity contribution in [3.63, 3.8) is 0 Å². The number of thioether (sulfide) groups is 1. The van der Waals surface area contributed by atoms with Crippen LogP contribution in [0.2, 0.25) is 0 Å². The first-order chi connectivity index (χ1) is 13.5. The number of ether oxygens (including phenoxy) is 1. The predicted octanol–water partition coefficient (Wildman–Crippen LogP) is 3.26. The van der Waals surface area contributed by atoms with Crippen LogP contribution in [0.25, 0.3) is 0 Å². The molecular formula is C21H24N2O3S2. The van der Waals surface area contributed by atoms with Crippen molar-refractivity contribution in [3.8, 4) is 17.6 Å². The van der Waals surface area contributed by atoms with Gasteiger partial charge in [0.2, 0.25) is 0 Å². The van der Waals surface area contributed by atoms with E-state index in [0.29, 0.717) is 48.0 Å². The van der Waals surface area contributed by atoms with E-state index in [-0.39, 0.29) is 0 Å². The van der Waals surface area contributed by atoms with Crippen LogP contribution < -0.4 is 15.8 Å². The lowest BCUT2D eigenvalue weighted by molar-refractivity contribution is 0.414. The molecule has 0 amide bonds. The van der Waals surface area contributed by atoms with Crippen molar-refractivity contribution in [1.82, 2.24) is 5.32 Å². The van der Waals surface area contributed by atoms with E-state index < -0.39 is 13.9 Å². The molecule has 1 aliphatic rings. The number of methoxy groups -OCH3 is 1. The molecule has 1 unspecified atom stereocenters. The lowest BCUT2D eigenvalue weighted by Crippen LogP contribution is -2.38. The van der Waals surface area contributed by atoms with E-state index in [1.165, 1.54) is 11.8 Å². The van der Waals surface area contributed by atoms with Crippen LogP contribution in [-0.4, -0.2) is 32.0 Å². The summed E-state index contributed by atoms with van der Waals surface area (Å²) >= 11 is 1.46. The number of sulfone groups is 1. The minimum absolute atomic E-state index is 0.329. The quantitative estimate of drug-likeness (QED) is 0.427. The summed E-state index contributed by atoms with van der Waals surface area (Å²) in [6.45, 7) is 0.439. The second kappa shape index (κ2) is 8.91. The number of nitrogens with one attached hydrogen (secondary N) is 1. The Kier molecular flexibility index (Phi) is 6.55. The van der Waals surface area contributed by atoms with E-state index in [0.717, 1.165) is 5.56 Å². The first-order valence-corrected chi connectivity index (χ1v) is 11.5. The van der Waals surface area contributed by atoms with E-state index in [2.05, 4.69) is 17.2 Å². The molecule has 1 heterocycles. The molecule has 7 heteroatoms. The minimum atomic E-state index is -3.49. The third kappa shape index (κ3) is 4.46. The second-order valence-electron chi connectivity index (χ2n) is 6.59. The Hall–Kier alpha value is -2.14. The lowest BCUT2D eigenvalue weighted by Gasteiger charge is -2.27. The summed E-state index contributed by atoms with van der Waals surface area (Å²) in [6.07, 6.45) is 1.89. The minimum Gasteiger partial charge on any atom is -0.497 e. The van der Waals surface area contributed by atoms with Gasteiger partial charge in [0.1, 0.15) is 9.83 Å². The van der Waals surface area contributed by atoms with Gasteiger partial charge in [-0.15, -0.1) is 11.8 Å². The molecule has 0 radical (unpaired) electrons. The summed E-state index contributed by atoms with van der Waals surface area (Å²) in [7, 11) is -1.93. The molecule has 0 aromatic heterocycles. The normalized spacial score (nSPS) is 19.0. The average Bonchev–Trinajstić information content (AvgIpc) is 3.18. The van der Waals surface area contributed by atoms with Crippen molar-refractivity contribution in [3.05, 3.63) is 54.1 Å². The Bertz CT molecular complexity index is 971. The molecule has 0 aliphatic carbocycles. The monoisotopic (exact) mass is 416 g/mol. The fourth-order valence-corrected chi connectivity index (χ4v) is 6.81. The van der Waals surface area contributed by atoms with Gasteiger partial charge in [0, 0.05) is 30.1 Å². The van der Waals surface area contributed by atoms with E-state index in [1.54, 1.807) is 31.4 Å². The van der Waals surface area contributed by atoms with Gasteiger partial charge in [0.05, 0.1) is 12.0 Å². The zero-order valence-corrected chi connectivity index (χ0v) is 17.4. The lowest BCUT2D eigenvalue weighted by atomic mass is 10.1. The molecule has 0 saturated carbocycles. The molecule has 1 saturated heterocycles. The van der Waals surface area contributed by atoms with Crippen LogP contribution in [0.5, 0.6) is 5.75 Å². The van der Waals surface area contributed by atoms with Gasteiger partial charge in [-0.2, -0.15) is 0 Å². The third-order valence-corrected chi connectivity index (χ3v) is 9.13. The van der Waals surface area contributed by atoms with Gasteiger partial charge in [-0.05, 0) is 55.3 Å². The van der Waals surface area contributed by atoms with Crippen molar-refractivity contribution in [2.24, 2.45) is 0 Å². The number of unbranched alkanes of at least 4 members (excludes halogenated alkanes) is 1. The summed E-state index contributed by atoms with van der Waals surface area (Å²) in [5.41, 5.74) is 7.32. The maximum absolute atomic E-state index is 13.3. The Balaban J connectivity index is 1.70. The maximum Gasteiger partial charge on any atom is 0.194 e.